The number of benzene rings is 2. The molecule has 8 heteroatoms. The normalized spacial score (nSPS) is 20.4. The molecule has 2 aromatic rings. The van der Waals surface area contributed by atoms with Crippen molar-refractivity contribution in [3.05, 3.63) is 72.8 Å². The summed E-state index contributed by atoms with van der Waals surface area (Å²) in [6.07, 6.45) is 3.73. The van der Waals surface area contributed by atoms with Crippen LogP contribution in [0.1, 0.15) is 41.0 Å². The van der Waals surface area contributed by atoms with Crippen LogP contribution in [0.4, 0.5) is 0 Å². The van der Waals surface area contributed by atoms with E-state index in [-0.39, 0.29) is 18.3 Å². The molecule has 0 aromatic heterocycles. The monoisotopic (exact) mass is 598 g/mol. The van der Waals surface area contributed by atoms with E-state index < -0.39 is 40.5 Å². The Bertz CT molecular complexity index is 1050. The van der Waals surface area contributed by atoms with E-state index in [2.05, 4.69) is 88.9 Å². The second-order valence-corrected chi connectivity index (χ2v) is 23.3. The highest BCUT2D eigenvalue weighted by atomic mass is 28.4. The standard InChI is InChI=1S/C33H50O6Si2/c1-32(2,3)41(27-16-11-9-12-17-27,28-18-13-10-14-19-28)39-30(31-29(21-22-34)37-33(4,5)38-31)20-15-23-35-26-36-24-25-40(6,7)8/h9-20,22,29-31H,21,23-26H2,1-8H3/b20-15+/t29-,30+,31-/m1/s1. The Labute approximate surface area is 249 Å². The summed E-state index contributed by atoms with van der Waals surface area (Å²) in [5.41, 5.74) is 0. The second-order valence-electron chi connectivity index (χ2n) is 13.4. The van der Waals surface area contributed by atoms with Crippen LogP contribution in [-0.2, 0) is 28.2 Å². The third-order valence-corrected chi connectivity index (χ3v) is 14.0. The van der Waals surface area contributed by atoms with Crippen LogP contribution < -0.4 is 10.4 Å². The lowest BCUT2D eigenvalue weighted by Crippen LogP contribution is -2.68. The van der Waals surface area contributed by atoms with Gasteiger partial charge in [0.05, 0.1) is 18.8 Å². The van der Waals surface area contributed by atoms with Gasteiger partial charge in [0.15, 0.2) is 5.79 Å². The number of hydrogen-bond donors (Lipinski definition) is 0. The van der Waals surface area contributed by atoms with E-state index in [1.165, 1.54) is 10.4 Å². The molecule has 6 nitrogen and oxygen atoms in total. The van der Waals surface area contributed by atoms with Gasteiger partial charge >= 0.3 is 0 Å². The number of carbonyl (C=O) groups excluding carboxylic acids is 1. The van der Waals surface area contributed by atoms with Gasteiger partial charge in [-0.25, -0.2) is 0 Å². The number of carbonyl (C=O) groups is 1. The average Bonchev–Trinajstić information content (AvgIpc) is 3.21. The maximum Gasteiger partial charge on any atom is 0.262 e. The quantitative estimate of drug-likeness (QED) is 0.0833. The molecular weight excluding hydrogens is 549 g/mol. The average molecular weight is 599 g/mol. The molecule has 0 spiro atoms. The first-order valence-electron chi connectivity index (χ1n) is 14.7. The fourth-order valence-electron chi connectivity index (χ4n) is 5.33. The van der Waals surface area contributed by atoms with Gasteiger partial charge in [-0.2, -0.15) is 0 Å². The van der Waals surface area contributed by atoms with E-state index in [1.807, 2.05) is 38.1 Å². The molecule has 1 heterocycles. The first-order valence-corrected chi connectivity index (χ1v) is 20.3. The second kappa shape index (κ2) is 14.5. The topological polar surface area (TPSA) is 63.2 Å². The molecule has 3 rings (SSSR count). The van der Waals surface area contributed by atoms with Gasteiger partial charge in [-0.3, -0.25) is 0 Å². The van der Waals surface area contributed by atoms with Crippen molar-refractivity contribution in [1.82, 2.24) is 0 Å². The molecule has 1 fully saturated rings. The predicted molar refractivity (Wildman–Crippen MR) is 171 cm³/mol. The van der Waals surface area contributed by atoms with Gasteiger partial charge in [0.1, 0.15) is 19.2 Å². The first-order chi connectivity index (χ1) is 19.3. The van der Waals surface area contributed by atoms with Crippen LogP contribution in [0.5, 0.6) is 0 Å². The Hall–Kier alpha value is -1.92. The summed E-state index contributed by atoms with van der Waals surface area (Å²) in [4.78, 5) is 11.7. The molecule has 226 valence electrons. The van der Waals surface area contributed by atoms with E-state index in [0.29, 0.717) is 6.61 Å². The molecule has 1 aliphatic rings. The van der Waals surface area contributed by atoms with Gasteiger partial charge in [0, 0.05) is 21.1 Å². The summed E-state index contributed by atoms with van der Waals surface area (Å²) in [5, 5.41) is 2.13. The lowest BCUT2D eigenvalue weighted by atomic mass is 10.1. The van der Waals surface area contributed by atoms with Crippen molar-refractivity contribution in [1.29, 1.82) is 0 Å². The number of aldehydes is 1. The van der Waals surface area contributed by atoms with Crippen molar-refractivity contribution in [2.45, 2.75) is 95.9 Å². The maximum absolute atomic E-state index is 11.7. The molecule has 3 atom stereocenters. The Kier molecular flexibility index (Phi) is 11.9. The van der Waals surface area contributed by atoms with E-state index in [1.54, 1.807) is 0 Å². The van der Waals surface area contributed by atoms with Crippen molar-refractivity contribution in [2.24, 2.45) is 0 Å². The molecule has 2 aromatic carbocycles. The molecule has 0 amide bonds. The van der Waals surface area contributed by atoms with Crippen molar-refractivity contribution in [3.63, 3.8) is 0 Å². The predicted octanol–water partition coefficient (Wildman–Crippen LogP) is 5.93. The van der Waals surface area contributed by atoms with Gasteiger partial charge in [-0.05, 0) is 35.3 Å². The Morgan fingerprint density at radius 1 is 0.927 bits per heavy atom. The Morgan fingerprint density at radius 3 is 2.02 bits per heavy atom. The lowest BCUT2D eigenvalue weighted by molar-refractivity contribution is -0.152. The molecule has 0 radical (unpaired) electrons. The summed E-state index contributed by atoms with van der Waals surface area (Å²) < 4.78 is 31.6. The largest absolute Gasteiger partial charge is 0.398 e. The first kappa shape index (κ1) is 33.6. The zero-order chi connectivity index (χ0) is 30.2. The van der Waals surface area contributed by atoms with Crippen molar-refractivity contribution < 1.29 is 28.2 Å². The fraction of sp³-hybridized carbons (Fsp3) is 0.545. The highest BCUT2D eigenvalue weighted by Crippen LogP contribution is 2.40. The summed E-state index contributed by atoms with van der Waals surface area (Å²) >= 11 is 0. The third-order valence-electron chi connectivity index (χ3n) is 7.31. The molecule has 0 unspecified atom stereocenters. The molecule has 1 aliphatic heterocycles. The van der Waals surface area contributed by atoms with Crippen LogP contribution in [0.2, 0.25) is 30.7 Å². The highest BCUT2D eigenvalue weighted by molar-refractivity contribution is 6.99. The molecule has 0 N–H and O–H groups in total. The molecule has 0 bridgehead atoms. The van der Waals surface area contributed by atoms with Gasteiger partial charge in [-0.1, -0.05) is 113 Å². The Balaban J connectivity index is 1.96. The van der Waals surface area contributed by atoms with Crippen molar-refractivity contribution in [3.8, 4) is 0 Å². The van der Waals surface area contributed by atoms with E-state index in [0.717, 1.165) is 18.9 Å². The smallest absolute Gasteiger partial charge is 0.262 e. The Morgan fingerprint density at radius 2 is 1.51 bits per heavy atom. The van der Waals surface area contributed by atoms with Gasteiger partial charge in [-0.15, -0.1) is 0 Å². The van der Waals surface area contributed by atoms with E-state index in [4.69, 9.17) is 23.4 Å². The summed E-state index contributed by atoms with van der Waals surface area (Å²) in [6.45, 7) is 18.9. The minimum atomic E-state index is -2.92. The zero-order valence-corrected chi connectivity index (χ0v) is 28.2. The SMILES string of the molecule is CC1(C)O[C@@H]([C@H](/C=C/COCOCC[Si](C)(C)C)O[Si](c2ccccc2)(c2ccccc2)C(C)(C)C)[C@@H](CC=O)O1. The molecule has 41 heavy (non-hydrogen) atoms. The van der Waals surface area contributed by atoms with Crippen LogP contribution in [0, 0.1) is 0 Å². The lowest BCUT2D eigenvalue weighted by Gasteiger charge is -2.45. The van der Waals surface area contributed by atoms with Crippen LogP contribution in [0.3, 0.4) is 0 Å². The summed E-state index contributed by atoms with van der Waals surface area (Å²) in [6, 6.07) is 22.2. The van der Waals surface area contributed by atoms with Crippen LogP contribution in [0.25, 0.3) is 0 Å². The summed E-state index contributed by atoms with van der Waals surface area (Å²) in [5.74, 6) is -0.833. The number of rotatable bonds is 15. The number of hydrogen-bond acceptors (Lipinski definition) is 6. The minimum Gasteiger partial charge on any atom is -0.398 e. The highest BCUT2D eigenvalue weighted by Gasteiger charge is 2.54. The molecular formula is C33H50O6Si2. The zero-order valence-electron chi connectivity index (χ0n) is 26.2. The van der Waals surface area contributed by atoms with E-state index >= 15 is 0 Å². The molecule has 1 saturated heterocycles. The number of ether oxygens (including phenoxy) is 4. The van der Waals surface area contributed by atoms with Crippen molar-refractivity contribution in [2.75, 3.05) is 20.0 Å². The molecule has 0 saturated carbocycles. The van der Waals surface area contributed by atoms with Crippen molar-refractivity contribution >= 4 is 33.1 Å². The van der Waals surface area contributed by atoms with Crippen LogP contribution in [0.15, 0.2) is 72.8 Å². The minimum absolute atomic E-state index is 0.225. The summed E-state index contributed by atoms with van der Waals surface area (Å²) in [7, 11) is -4.06. The van der Waals surface area contributed by atoms with Crippen LogP contribution >= 0.6 is 0 Å². The van der Waals surface area contributed by atoms with Gasteiger partial charge < -0.3 is 28.2 Å². The third kappa shape index (κ3) is 9.28. The van der Waals surface area contributed by atoms with E-state index in [9.17, 15) is 4.79 Å². The van der Waals surface area contributed by atoms with Gasteiger partial charge in [0.2, 0.25) is 0 Å². The van der Waals surface area contributed by atoms with Gasteiger partial charge in [0.25, 0.3) is 8.32 Å². The van der Waals surface area contributed by atoms with Crippen LogP contribution in [-0.4, -0.2) is 66.8 Å². The maximum atomic E-state index is 11.7. The molecule has 0 aliphatic carbocycles. The fourth-order valence-corrected chi connectivity index (χ4v) is 10.7.